The SMILES string of the molecule is CCOC(=O)COc1ccc(-c2ccc(=O)n(Cc3ccc(Cl)cc3F)c2)cc1. The Bertz CT molecular complexity index is 1060. The van der Waals surface area contributed by atoms with Crippen molar-refractivity contribution in [3.8, 4) is 16.9 Å². The summed E-state index contributed by atoms with van der Waals surface area (Å²) in [5.74, 6) is -0.366. The number of halogens is 2. The first-order valence-corrected chi connectivity index (χ1v) is 9.37. The minimum Gasteiger partial charge on any atom is -0.482 e. The highest BCUT2D eigenvalue weighted by atomic mass is 35.5. The van der Waals surface area contributed by atoms with Crippen LogP contribution in [0, 0.1) is 5.82 Å². The van der Waals surface area contributed by atoms with Gasteiger partial charge in [0.1, 0.15) is 11.6 Å². The highest BCUT2D eigenvalue weighted by Gasteiger charge is 2.08. The van der Waals surface area contributed by atoms with E-state index in [1.165, 1.54) is 16.7 Å². The van der Waals surface area contributed by atoms with Crippen molar-refractivity contribution in [1.82, 2.24) is 4.57 Å². The maximum absolute atomic E-state index is 14.1. The second-order valence-electron chi connectivity index (χ2n) is 6.24. The first-order valence-electron chi connectivity index (χ1n) is 8.99. The zero-order valence-electron chi connectivity index (χ0n) is 15.7. The summed E-state index contributed by atoms with van der Waals surface area (Å²) in [6, 6.07) is 14.6. The number of rotatable bonds is 7. The lowest BCUT2D eigenvalue weighted by Gasteiger charge is -2.10. The van der Waals surface area contributed by atoms with Crippen LogP contribution < -0.4 is 10.3 Å². The quantitative estimate of drug-likeness (QED) is 0.540. The molecule has 150 valence electrons. The predicted octanol–water partition coefficient (Wildman–Crippen LogP) is 4.30. The van der Waals surface area contributed by atoms with Crippen molar-refractivity contribution < 1.29 is 18.7 Å². The van der Waals surface area contributed by atoms with Crippen molar-refractivity contribution in [2.24, 2.45) is 0 Å². The van der Waals surface area contributed by atoms with E-state index in [2.05, 4.69) is 0 Å². The van der Waals surface area contributed by atoms with Crippen LogP contribution in [0.1, 0.15) is 12.5 Å². The average Bonchev–Trinajstić information content (AvgIpc) is 2.71. The van der Waals surface area contributed by atoms with Gasteiger partial charge < -0.3 is 14.0 Å². The van der Waals surface area contributed by atoms with Crippen LogP contribution in [0.5, 0.6) is 5.75 Å². The third-order valence-electron chi connectivity index (χ3n) is 4.19. The molecule has 7 heteroatoms. The van der Waals surface area contributed by atoms with Crippen molar-refractivity contribution in [3.05, 3.63) is 87.6 Å². The van der Waals surface area contributed by atoms with E-state index in [-0.39, 0.29) is 18.7 Å². The molecule has 0 saturated heterocycles. The summed E-state index contributed by atoms with van der Waals surface area (Å²) in [5, 5.41) is 0.303. The number of nitrogens with zero attached hydrogens (tertiary/aromatic N) is 1. The number of aromatic nitrogens is 1. The van der Waals surface area contributed by atoms with Crippen LogP contribution in [0.4, 0.5) is 4.39 Å². The number of hydrogen-bond acceptors (Lipinski definition) is 4. The van der Waals surface area contributed by atoms with Crippen molar-refractivity contribution in [2.75, 3.05) is 13.2 Å². The van der Waals surface area contributed by atoms with Gasteiger partial charge in [0.25, 0.3) is 5.56 Å². The van der Waals surface area contributed by atoms with E-state index < -0.39 is 11.8 Å². The van der Waals surface area contributed by atoms with Gasteiger partial charge in [-0.3, -0.25) is 4.79 Å². The van der Waals surface area contributed by atoms with Crippen LogP contribution >= 0.6 is 11.6 Å². The molecule has 0 bridgehead atoms. The zero-order valence-corrected chi connectivity index (χ0v) is 16.5. The van der Waals surface area contributed by atoms with E-state index in [1.54, 1.807) is 43.5 Å². The molecule has 0 N–H and O–H groups in total. The van der Waals surface area contributed by atoms with Crippen LogP contribution in [0.15, 0.2) is 65.6 Å². The van der Waals surface area contributed by atoms with Gasteiger partial charge in [-0.15, -0.1) is 0 Å². The van der Waals surface area contributed by atoms with Crippen LogP contribution in [0.2, 0.25) is 5.02 Å². The second-order valence-corrected chi connectivity index (χ2v) is 6.67. The van der Waals surface area contributed by atoms with Gasteiger partial charge in [-0.05, 0) is 48.4 Å². The molecule has 0 atom stereocenters. The van der Waals surface area contributed by atoms with Crippen LogP contribution in [0.3, 0.4) is 0 Å². The van der Waals surface area contributed by atoms with Gasteiger partial charge in [0, 0.05) is 22.8 Å². The molecule has 0 unspecified atom stereocenters. The Morgan fingerprint density at radius 3 is 2.48 bits per heavy atom. The fourth-order valence-corrected chi connectivity index (χ4v) is 2.91. The molecule has 0 saturated carbocycles. The number of carbonyl (C=O) groups excluding carboxylic acids is 1. The van der Waals surface area contributed by atoms with Gasteiger partial charge in [0.05, 0.1) is 13.2 Å². The molecule has 1 aromatic heterocycles. The number of pyridine rings is 1. The number of benzene rings is 2. The van der Waals surface area contributed by atoms with Gasteiger partial charge in [0.2, 0.25) is 0 Å². The first-order chi connectivity index (χ1) is 14.0. The maximum atomic E-state index is 14.1. The molecule has 0 aliphatic heterocycles. The van der Waals surface area contributed by atoms with Gasteiger partial charge in [-0.2, -0.15) is 0 Å². The van der Waals surface area contributed by atoms with E-state index in [0.717, 1.165) is 11.1 Å². The molecule has 0 spiro atoms. The molecule has 2 aromatic carbocycles. The number of ether oxygens (including phenoxy) is 2. The topological polar surface area (TPSA) is 57.5 Å². The molecular formula is C22H19ClFNO4. The van der Waals surface area contributed by atoms with E-state index >= 15 is 0 Å². The normalized spacial score (nSPS) is 10.6. The van der Waals surface area contributed by atoms with Gasteiger partial charge in [0.15, 0.2) is 6.61 Å². The molecule has 0 fully saturated rings. The van der Waals surface area contributed by atoms with Crippen molar-refractivity contribution in [2.45, 2.75) is 13.5 Å². The monoisotopic (exact) mass is 415 g/mol. The fourth-order valence-electron chi connectivity index (χ4n) is 2.75. The summed E-state index contributed by atoms with van der Waals surface area (Å²) in [6.07, 6.45) is 1.67. The molecule has 0 aliphatic carbocycles. The van der Waals surface area contributed by atoms with Crippen molar-refractivity contribution in [1.29, 1.82) is 0 Å². The Morgan fingerprint density at radius 2 is 1.79 bits per heavy atom. The van der Waals surface area contributed by atoms with Crippen molar-refractivity contribution >= 4 is 17.6 Å². The van der Waals surface area contributed by atoms with Gasteiger partial charge in [-0.1, -0.05) is 29.8 Å². The summed E-state index contributed by atoms with van der Waals surface area (Å²) in [4.78, 5) is 23.5. The summed E-state index contributed by atoms with van der Waals surface area (Å²) in [7, 11) is 0. The molecule has 0 aliphatic rings. The summed E-state index contributed by atoms with van der Waals surface area (Å²) in [6.45, 7) is 1.96. The molecular weight excluding hydrogens is 397 g/mol. The lowest BCUT2D eigenvalue weighted by Crippen LogP contribution is -2.19. The molecule has 29 heavy (non-hydrogen) atoms. The second kappa shape index (κ2) is 9.39. The van der Waals surface area contributed by atoms with Crippen LogP contribution in [0.25, 0.3) is 11.1 Å². The Kier molecular flexibility index (Phi) is 6.67. The standard InChI is InChI=1S/C22H19ClFNO4/c1-2-28-22(27)14-29-19-8-4-15(5-9-19)16-6-10-21(26)25(12-16)13-17-3-7-18(23)11-20(17)24/h3-12H,2,13-14H2,1H3. The molecule has 0 amide bonds. The summed E-state index contributed by atoms with van der Waals surface area (Å²) < 4.78 is 25.7. The third kappa shape index (κ3) is 5.45. The van der Waals surface area contributed by atoms with Gasteiger partial charge >= 0.3 is 5.97 Å². The lowest BCUT2D eigenvalue weighted by atomic mass is 10.1. The molecule has 0 radical (unpaired) electrons. The molecule has 1 heterocycles. The average molecular weight is 416 g/mol. The van der Waals surface area contributed by atoms with Gasteiger partial charge in [-0.25, -0.2) is 9.18 Å². The smallest absolute Gasteiger partial charge is 0.344 e. The van der Waals surface area contributed by atoms with Crippen LogP contribution in [-0.2, 0) is 16.1 Å². The third-order valence-corrected chi connectivity index (χ3v) is 4.42. The molecule has 3 aromatic rings. The van der Waals surface area contributed by atoms with Crippen molar-refractivity contribution in [3.63, 3.8) is 0 Å². The number of hydrogen-bond donors (Lipinski definition) is 0. The predicted molar refractivity (Wildman–Crippen MR) is 109 cm³/mol. The zero-order chi connectivity index (χ0) is 20.8. The first kappa shape index (κ1) is 20.6. The minimum atomic E-state index is -0.460. The highest BCUT2D eigenvalue weighted by Crippen LogP contribution is 2.22. The number of esters is 1. The Balaban J connectivity index is 1.76. The largest absolute Gasteiger partial charge is 0.482 e. The summed E-state index contributed by atoms with van der Waals surface area (Å²) in [5.41, 5.74) is 1.77. The fraction of sp³-hybridized carbons (Fsp3) is 0.182. The number of carbonyl (C=O) groups is 1. The van der Waals surface area contributed by atoms with E-state index in [0.29, 0.717) is 22.9 Å². The lowest BCUT2D eigenvalue weighted by molar-refractivity contribution is -0.145. The Morgan fingerprint density at radius 1 is 1.07 bits per heavy atom. The Labute approximate surface area is 172 Å². The van der Waals surface area contributed by atoms with E-state index in [9.17, 15) is 14.0 Å². The Hall–Kier alpha value is -3.12. The maximum Gasteiger partial charge on any atom is 0.344 e. The van der Waals surface area contributed by atoms with Crippen LogP contribution in [-0.4, -0.2) is 23.8 Å². The molecule has 3 rings (SSSR count). The minimum absolute atomic E-state index is 0.0937. The highest BCUT2D eigenvalue weighted by molar-refractivity contribution is 6.30. The summed E-state index contributed by atoms with van der Waals surface area (Å²) >= 11 is 5.78. The van der Waals surface area contributed by atoms with E-state index in [1.807, 2.05) is 12.1 Å². The molecule has 5 nitrogen and oxygen atoms in total. The van der Waals surface area contributed by atoms with E-state index in [4.69, 9.17) is 21.1 Å².